The van der Waals surface area contributed by atoms with Gasteiger partial charge in [0, 0.05) is 11.3 Å². The van der Waals surface area contributed by atoms with Gasteiger partial charge >= 0.3 is 0 Å². The van der Waals surface area contributed by atoms with Crippen molar-refractivity contribution in [3.05, 3.63) is 42.4 Å². The van der Waals surface area contributed by atoms with E-state index in [9.17, 15) is 9.59 Å². The van der Waals surface area contributed by atoms with E-state index in [0.717, 1.165) is 20.0 Å². The zero-order valence-electron chi connectivity index (χ0n) is 13.7. The Balaban J connectivity index is 1.74. The van der Waals surface area contributed by atoms with E-state index in [4.69, 9.17) is 5.73 Å². The van der Waals surface area contributed by atoms with Crippen molar-refractivity contribution in [2.24, 2.45) is 10.1 Å². The third-order valence-corrected chi connectivity index (χ3v) is 8.22. The average molecular weight is 443 g/mol. The van der Waals surface area contributed by atoms with E-state index in [-0.39, 0.29) is 28.5 Å². The minimum Gasteiger partial charge on any atom is -0.368 e. The minimum atomic E-state index is -0.388. The Morgan fingerprint density at radius 1 is 1.52 bits per heavy atom. The number of nitrogens with one attached hydrogen (secondary N) is 2. The van der Waals surface area contributed by atoms with Crippen LogP contribution < -0.4 is 16.4 Å². The summed E-state index contributed by atoms with van der Waals surface area (Å²) in [7, 11) is -0.360. The number of rotatable bonds is 7. The Morgan fingerprint density at radius 3 is 2.96 bits per heavy atom. The van der Waals surface area contributed by atoms with Gasteiger partial charge in [-0.05, 0) is 56.6 Å². The molecule has 4 N–H and O–H groups in total. The van der Waals surface area contributed by atoms with Crippen molar-refractivity contribution in [3.63, 3.8) is 0 Å². The molecule has 2 atom stereocenters. The second kappa shape index (κ2) is 7.94. The zero-order chi connectivity index (χ0) is 18.0. The predicted octanol–water partition coefficient (Wildman–Crippen LogP) is 2.37. The van der Waals surface area contributed by atoms with Crippen LogP contribution >= 0.6 is 27.3 Å². The summed E-state index contributed by atoms with van der Waals surface area (Å²) in [6.45, 7) is 3.14. The molecule has 0 spiro atoms. The fraction of sp³-hybridized carbons (Fsp3) is 0.375. The smallest absolute Gasteiger partial charge is 0.265 e. The van der Waals surface area contributed by atoms with Crippen LogP contribution in [0.5, 0.6) is 0 Å². The molecular formula is C16H19BrN4O2S2. The molecule has 3 rings (SSSR count). The van der Waals surface area contributed by atoms with Crippen molar-refractivity contribution in [1.29, 1.82) is 0 Å². The van der Waals surface area contributed by atoms with Gasteiger partial charge in [-0.25, -0.2) is 4.36 Å². The van der Waals surface area contributed by atoms with Gasteiger partial charge in [0.2, 0.25) is 5.91 Å². The lowest BCUT2D eigenvalue weighted by Gasteiger charge is -2.15. The number of allylic oxidation sites excluding steroid dienone is 1. The largest absolute Gasteiger partial charge is 0.368 e. The normalized spacial score (nSPS) is 20.5. The second-order valence-electron chi connectivity index (χ2n) is 5.68. The Hall–Kier alpha value is -1.29. The van der Waals surface area contributed by atoms with Crippen molar-refractivity contribution >= 4 is 49.8 Å². The number of fused-ring (bicyclic) bond motifs is 1. The zero-order valence-corrected chi connectivity index (χ0v) is 16.9. The molecule has 3 heterocycles. The standard InChI is InChI=1S/C16H19BrN4O2S2/c1-2-19-10(15(18)22)6-9-7-13-11(8-20-25(13)14(9)17)21-16(23)12-4-3-5-24-12/h3-5,10,19H,2,6-8H2,1H3,(H2,18,22)(H,21,23)/t10-,25?/m0/s1. The SMILES string of the molecule is CCN[C@@H](CC1=C(Br)S2=NCC(NC(=O)c3cccs3)=C2C1)C(N)=O. The van der Waals surface area contributed by atoms with E-state index in [1.807, 2.05) is 18.4 Å². The number of thiophene rings is 1. The summed E-state index contributed by atoms with van der Waals surface area (Å²) in [4.78, 5) is 25.7. The van der Waals surface area contributed by atoms with Gasteiger partial charge in [-0.15, -0.1) is 11.3 Å². The van der Waals surface area contributed by atoms with E-state index >= 15 is 0 Å². The molecular weight excluding hydrogens is 424 g/mol. The quantitative estimate of drug-likeness (QED) is 0.604. The number of carbonyl (C=O) groups is 2. The van der Waals surface area contributed by atoms with Crippen LogP contribution in [0.25, 0.3) is 0 Å². The van der Waals surface area contributed by atoms with Crippen LogP contribution in [0.4, 0.5) is 0 Å². The van der Waals surface area contributed by atoms with Gasteiger partial charge in [0.15, 0.2) is 0 Å². The van der Waals surface area contributed by atoms with Crippen LogP contribution in [0.3, 0.4) is 0 Å². The number of halogens is 1. The summed E-state index contributed by atoms with van der Waals surface area (Å²) in [6, 6.07) is 3.28. The molecule has 0 radical (unpaired) electrons. The molecule has 0 aliphatic carbocycles. The molecule has 1 unspecified atom stereocenters. The maximum absolute atomic E-state index is 12.3. The topological polar surface area (TPSA) is 96.6 Å². The fourth-order valence-electron chi connectivity index (χ4n) is 2.79. The minimum absolute atomic E-state index is 0.0922. The molecule has 134 valence electrons. The molecule has 0 fully saturated rings. The highest BCUT2D eigenvalue weighted by Gasteiger charge is 2.32. The summed E-state index contributed by atoms with van der Waals surface area (Å²) in [5.74, 6) is -0.447. The molecule has 0 saturated carbocycles. The molecule has 2 aliphatic heterocycles. The highest BCUT2D eigenvalue weighted by molar-refractivity contribution is 9.13. The maximum atomic E-state index is 12.3. The molecule has 0 aromatic carbocycles. The number of hydrogen-bond donors (Lipinski definition) is 3. The second-order valence-corrected chi connectivity index (χ2v) is 9.67. The molecule has 9 heteroatoms. The van der Waals surface area contributed by atoms with E-state index in [0.29, 0.717) is 30.8 Å². The predicted molar refractivity (Wildman–Crippen MR) is 105 cm³/mol. The molecule has 1 aromatic rings. The summed E-state index contributed by atoms with van der Waals surface area (Å²) >= 11 is 5.06. The van der Waals surface area contributed by atoms with Crippen LogP contribution in [-0.2, 0) is 15.5 Å². The average Bonchev–Trinajstić information content (AvgIpc) is 3.28. The van der Waals surface area contributed by atoms with Gasteiger partial charge < -0.3 is 16.4 Å². The number of nitrogens with two attached hydrogens (primary N) is 1. The molecule has 1 aromatic heterocycles. The molecule has 6 nitrogen and oxygen atoms in total. The molecule has 2 amide bonds. The Labute approximate surface area is 161 Å². The van der Waals surface area contributed by atoms with Crippen LogP contribution in [0, 0.1) is 0 Å². The highest BCUT2D eigenvalue weighted by Crippen LogP contribution is 2.42. The lowest BCUT2D eigenvalue weighted by atomic mass is 10.0. The third kappa shape index (κ3) is 3.94. The van der Waals surface area contributed by atoms with Gasteiger partial charge in [0.1, 0.15) is 0 Å². The molecule has 0 saturated heterocycles. The summed E-state index contributed by atoms with van der Waals surface area (Å²) in [5.41, 5.74) is 7.48. The first-order valence-corrected chi connectivity index (χ1v) is 10.8. The van der Waals surface area contributed by atoms with Crippen molar-refractivity contribution in [2.45, 2.75) is 25.8 Å². The number of likely N-dealkylation sites (N-methyl/N-ethyl adjacent to an activating group) is 1. The summed E-state index contributed by atoms with van der Waals surface area (Å²) in [6.07, 6.45) is 1.26. The fourth-order valence-corrected chi connectivity index (χ4v) is 6.43. The highest BCUT2D eigenvalue weighted by atomic mass is 79.9. The van der Waals surface area contributed by atoms with E-state index in [2.05, 4.69) is 30.9 Å². The van der Waals surface area contributed by atoms with Gasteiger partial charge in [-0.2, -0.15) is 0 Å². The monoisotopic (exact) mass is 442 g/mol. The first kappa shape index (κ1) is 18.5. The van der Waals surface area contributed by atoms with Crippen LogP contribution in [-0.4, -0.2) is 30.9 Å². The molecule has 25 heavy (non-hydrogen) atoms. The Morgan fingerprint density at radius 2 is 2.32 bits per heavy atom. The van der Waals surface area contributed by atoms with Crippen molar-refractivity contribution < 1.29 is 9.59 Å². The Kier molecular flexibility index (Phi) is 5.88. The molecule has 0 bridgehead atoms. The first-order chi connectivity index (χ1) is 12.0. The lowest BCUT2D eigenvalue weighted by molar-refractivity contribution is -0.120. The van der Waals surface area contributed by atoms with Crippen molar-refractivity contribution in [1.82, 2.24) is 10.6 Å². The van der Waals surface area contributed by atoms with E-state index < -0.39 is 0 Å². The number of primary amides is 1. The number of amides is 2. The maximum Gasteiger partial charge on any atom is 0.265 e. The number of hydrogen-bond acceptors (Lipinski definition) is 5. The Bertz CT molecular complexity index is 799. The first-order valence-electron chi connectivity index (χ1n) is 7.90. The number of nitrogens with zero attached hydrogens (tertiary/aromatic N) is 1. The van der Waals surface area contributed by atoms with Crippen LogP contribution in [0.15, 0.2) is 41.9 Å². The van der Waals surface area contributed by atoms with Crippen LogP contribution in [0.2, 0.25) is 0 Å². The van der Waals surface area contributed by atoms with Crippen LogP contribution in [0.1, 0.15) is 29.4 Å². The van der Waals surface area contributed by atoms with Crippen molar-refractivity contribution in [3.8, 4) is 0 Å². The van der Waals surface area contributed by atoms with Gasteiger partial charge in [-0.1, -0.05) is 13.0 Å². The lowest BCUT2D eigenvalue weighted by Crippen LogP contribution is -2.41. The summed E-state index contributed by atoms with van der Waals surface area (Å²) in [5, 5.41) is 8.00. The summed E-state index contributed by atoms with van der Waals surface area (Å²) < 4.78 is 5.66. The molecule has 2 aliphatic rings. The van der Waals surface area contributed by atoms with Gasteiger partial charge in [0.25, 0.3) is 5.91 Å². The van der Waals surface area contributed by atoms with Gasteiger partial charge in [-0.3, -0.25) is 9.59 Å². The van der Waals surface area contributed by atoms with E-state index in [1.165, 1.54) is 11.3 Å². The van der Waals surface area contributed by atoms with Crippen molar-refractivity contribution in [2.75, 3.05) is 13.1 Å². The van der Waals surface area contributed by atoms with E-state index in [1.54, 1.807) is 6.07 Å². The third-order valence-electron chi connectivity index (χ3n) is 4.00. The number of carbonyl (C=O) groups excluding carboxylic acids is 2. The van der Waals surface area contributed by atoms with Gasteiger partial charge in [0.05, 0.1) is 27.0 Å².